The largest absolute Gasteiger partial charge is 0.347 e. The summed E-state index contributed by atoms with van der Waals surface area (Å²) in [6.45, 7) is 3.66. The second-order valence-electron chi connectivity index (χ2n) is 4.52. The van der Waals surface area contributed by atoms with Gasteiger partial charge < -0.3 is 0 Å². The number of hydrogen-bond donors (Lipinski definition) is 2. The number of urea groups is 1. The minimum Gasteiger partial charge on any atom is -0.283 e. The molecule has 8 heteroatoms. The SMILES string of the molecule is Cc1cc(C)cc(NS(=O)(=O)C2C=NC(=O)NC2=O)c1. The molecule has 0 fully saturated rings. The van der Waals surface area contributed by atoms with Crippen molar-refractivity contribution in [3.63, 3.8) is 0 Å². The third-order valence-corrected chi connectivity index (χ3v) is 4.16. The highest BCUT2D eigenvalue weighted by Crippen LogP contribution is 2.17. The maximum atomic E-state index is 12.1. The van der Waals surface area contributed by atoms with E-state index in [-0.39, 0.29) is 0 Å². The Kier molecular flexibility index (Phi) is 3.58. The van der Waals surface area contributed by atoms with Crippen LogP contribution >= 0.6 is 0 Å². The highest BCUT2D eigenvalue weighted by atomic mass is 32.2. The predicted molar refractivity (Wildman–Crippen MR) is 74.3 cm³/mol. The molecular weight excluding hydrogens is 282 g/mol. The number of aryl methyl sites for hydroxylation is 2. The van der Waals surface area contributed by atoms with Crippen molar-refractivity contribution in [2.24, 2.45) is 4.99 Å². The fraction of sp³-hybridized carbons (Fsp3) is 0.250. The number of rotatable bonds is 3. The molecule has 2 rings (SSSR count). The van der Waals surface area contributed by atoms with Gasteiger partial charge in [0.15, 0.2) is 5.25 Å². The van der Waals surface area contributed by atoms with Gasteiger partial charge >= 0.3 is 6.03 Å². The predicted octanol–water partition coefficient (Wildman–Crippen LogP) is 0.734. The van der Waals surface area contributed by atoms with E-state index >= 15 is 0 Å². The molecule has 7 nitrogen and oxygen atoms in total. The summed E-state index contributed by atoms with van der Waals surface area (Å²) in [4.78, 5) is 25.7. The van der Waals surface area contributed by atoms with E-state index in [4.69, 9.17) is 0 Å². The van der Waals surface area contributed by atoms with Gasteiger partial charge in [0.25, 0.3) is 5.91 Å². The standard InChI is InChI=1S/C12H13N3O4S/c1-7-3-8(2)5-9(4-7)15-20(18,19)10-6-13-12(17)14-11(10)16/h3-6,10,15H,1-2H3,(H,14,16,17). The normalized spacial score (nSPS) is 18.8. The first-order valence-corrected chi connectivity index (χ1v) is 7.31. The lowest BCUT2D eigenvalue weighted by Gasteiger charge is -2.17. The van der Waals surface area contributed by atoms with E-state index in [0.717, 1.165) is 17.3 Å². The minimum atomic E-state index is -4.01. The lowest BCUT2D eigenvalue weighted by atomic mass is 10.1. The van der Waals surface area contributed by atoms with E-state index < -0.39 is 27.2 Å². The van der Waals surface area contributed by atoms with E-state index in [1.807, 2.05) is 25.2 Å². The van der Waals surface area contributed by atoms with Crippen molar-refractivity contribution in [2.75, 3.05) is 4.72 Å². The van der Waals surface area contributed by atoms with Crippen LogP contribution in [0.15, 0.2) is 23.2 Å². The Balaban J connectivity index is 2.29. The van der Waals surface area contributed by atoms with Crippen molar-refractivity contribution in [1.29, 1.82) is 0 Å². The van der Waals surface area contributed by atoms with Gasteiger partial charge in [-0.2, -0.15) is 0 Å². The van der Waals surface area contributed by atoms with E-state index in [1.165, 1.54) is 0 Å². The molecule has 0 radical (unpaired) electrons. The van der Waals surface area contributed by atoms with E-state index in [9.17, 15) is 18.0 Å². The Bertz CT molecular complexity index is 689. The maximum absolute atomic E-state index is 12.1. The summed E-state index contributed by atoms with van der Waals surface area (Å²) < 4.78 is 26.6. The van der Waals surface area contributed by atoms with Gasteiger partial charge in [-0.15, -0.1) is 0 Å². The van der Waals surface area contributed by atoms with Gasteiger partial charge in [-0.1, -0.05) is 6.07 Å². The molecule has 1 heterocycles. The molecular formula is C12H13N3O4S. The number of anilines is 1. The van der Waals surface area contributed by atoms with Crippen LogP contribution in [0, 0.1) is 13.8 Å². The Morgan fingerprint density at radius 3 is 2.30 bits per heavy atom. The summed E-state index contributed by atoms with van der Waals surface area (Å²) in [5, 5.41) is 0.322. The number of benzene rings is 1. The van der Waals surface area contributed by atoms with Gasteiger partial charge in [0.1, 0.15) is 0 Å². The zero-order valence-corrected chi connectivity index (χ0v) is 11.7. The molecule has 0 spiro atoms. The Morgan fingerprint density at radius 1 is 1.15 bits per heavy atom. The van der Waals surface area contributed by atoms with E-state index in [1.54, 1.807) is 12.1 Å². The Labute approximate surface area is 116 Å². The monoisotopic (exact) mass is 295 g/mol. The van der Waals surface area contributed by atoms with Crippen LogP contribution in [0.25, 0.3) is 0 Å². The lowest BCUT2D eigenvalue weighted by molar-refractivity contribution is -0.118. The molecule has 1 atom stereocenters. The molecule has 1 aliphatic heterocycles. The molecule has 2 N–H and O–H groups in total. The van der Waals surface area contributed by atoms with Crippen LogP contribution in [-0.2, 0) is 14.8 Å². The summed E-state index contributed by atoms with van der Waals surface area (Å²) in [5.41, 5.74) is 2.14. The zero-order valence-electron chi connectivity index (χ0n) is 10.9. The zero-order chi connectivity index (χ0) is 14.9. The second-order valence-corrected chi connectivity index (χ2v) is 6.32. The van der Waals surface area contributed by atoms with Gasteiger partial charge in [0.2, 0.25) is 10.0 Å². The van der Waals surface area contributed by atoms with Crippen molar-refractivity contribution in [3.8, 4) is 0 Å². The number of carbonyl (C=O) groups excluding carboxylic acids is 2. The van der Waals surface area contributed by atoms with Crippen molar-refractivity contribution < 1.29 is 18.0 Å². The van der Waals surface area contributed by atoms with Crippen LogP contribution < -0.4 is 10.0 Å². The van der Waals surface area contributed by atoms with Crippen LogP contribution in [-0.4, -0.2) is 31.8 Å². The first kappa shape index (κ1) is 14.2. The van der Waals surface area contributed by atoms with Crippen molar-refractivity contribution in [1.82, 2.24) is 5.32 Å². The van der Waals surface area contributed by atoms with Crippen molar-refractivity contribution in [2.45, 2.75) is 19.1 Å². The summed E-state index contributed by atoms with van der Waals surface area (Å²) >= 11 is 0. The van der Waals surface area contributed by atoms with Crippen LogP contribution in [0.3, 0.4) is 0 Å². The minimum absolute atomic E-state index is 0.362. The number of amides is 3. The van der Waals surface area contributed by atoms with Gasteiger partial charge in [-0.25, -0.2) is 18.2 Å². The molecule has 1 aromatic carbocycles. The molecule has 0 aromatic heterocycles. The number of sulfonamides is 1. The average molecular weight is 295 g/mol. The molecule has 1 unspecified atom stereocenters. The molecule has 1 aromatic rings. The summed E-state index contributed by atoms with van der Waals surface area (Å²) in [5.74, 6) is -0.915. The number of imide groups is 1. The van der Waals surface area contributed by atoms with Gasteiger partial charge in [0, 0.05) is 11.9 Å². The highest BCUT2D eigenvalue weighted by Gasteiger charge is 2.35. The average Bonchev–Trinajstić information content (AvgIpc) is 2.25. The number of carbonyl (C=O) groups is 2. The lowest BCUT2D eigenvalue weighted by Crippen LogP contribution is -2.48. The summed E-state index contributed by atoms with van der Waals surface area (Å²) in [6, 6.07) is 4.32. The Morgan fingerprint density at radius 2 is 1.75 bits per heavy atom. The molecule has 0 aliphatic carbocycles. The van der Waals surface area contributed by atoms with Crippen molar-refractivity contribution in [3.05, 3.63) is 29.3 Å². The molecule has 0 saturated carbocycles. The second kappa shape index (κ2) is 5.04. The smallest absolute Gasteiger partial charge is 0.283 e. The van der Waals surface area contributed by atoms with Crippen molar-refractivity contribution >= 4 is 33.9 Å². The molecule has 106 valence electrons. The fourth-order valence-electron chi connectivity index (χ4n) is 1.89. The Hall–Kier alpha value is -2.22. The number of aliphatic imine (C=N–C) groups is 1. The van der Waals surface area contributed by atoms with E-state index in [0.29, 0.717) is 5.69 Å². The van der Waals surface area contributed by atoms with Crippen LogP contribution in [0.5, 0.6) is 0 Å². The van der Waals surface area contributed by atoms with Gasteiger partial charge in [-0.05, 0) is 37.1 Å². The highest BCUT2D eigenvalue weighted by molar-refractivity contribution is 7.94. The fourth-order valence-corrected chi connectivity index (χ4v) is 3.03. The van der Waals surface area contributed by atoms with Crippen LogP contribution in [0.1, 0.15) is 11.1 Å². The molecule has 20 heavy (non-hydrogen) atoms. The quantitative estimate of drug-likeness (QED) is 0.857. The first-order valence-electron chi connectivity index (χ1n) is 5.77. The molecule has 0 saturated heterocycles. The number of nitrogens with zero attached hydrogens (tertiary/aromatic N) is 1. The van der Waals surface area contributed by atoms with Crippen LogP contribution in [0.4, 0.5) is 10.5 Å². The molecule has 0 bridgehead atoms. The number of hydrogen-bond acceptors (Lipinski definition) is 4. The van der Waals surface area contributed by atoms with Gasteiger partial charge in [-0.3, -0.25) is 14.8 Å². The van der Waals surface area contributed by atoms with E-state index in [2.05, 4.69) is 9.71 Å². The first-order chi connectivity index (χ1) is 9.28. The summed E-state index contributed by atoms with van der Waals surface area (Å²) in [7, 11) is -4.01. The third-order valence-electron chi connectivity index (χ3n) is 2.63. The topological polar surface area (TPSA) is 105 Å². The molecule has 1 aliphatic rings. The third kappa shape index (κ3) is 3.02. The maximum Gasteiger partial charge on any atom is 0.347 e. The number of nitrogens with one attached hydrogen (secondary N) is 2. The van der Waals surface area contributed by atoms with Gasteiger partial charge in [0.05, 0.1) is 0 Å². The molecule has 3 amide bonds. The van der Waals surface area contributed by atoms with Crippen LogP contribution in [0.2, 0.25) is 0 Å². The summed E-state index contributed by atoms with van der Waals surface area (Å²) in [6.07, 6.45) is 0.826.